The first-order valence-corrected chi connectivity index (χ1v) is 3.40. The predicted octanol–water partition coefficient (Wildman–Crippen LogP) is 3.38. The van der Waals surface area contributed by atoms with Gasteiger partial charge >= 0.3 is 0 Å². The predicted molar refractivity (Wildman–Crippen MR) is 43.4 cm³/mol. The largest absolute Gasteiger partial charge is 0.216 e. The molecule has 0 aliphatic rings. The first kappa shape index (κ1) is 9.15. The molecule has 56 valence electrons. The lowest BCUT2D eigenvalue weighted by atomic mass is 10.2. The van der Waals surface area contributed by atoms with Crippen LogP contribution in [0, 0.1) is 0 Å². The molecule has 0 unspecified atom stereocenters. The van der Waals surface area contributed by atoms with Gasteiger partial charge in [-0.25, -0.2) is 4.39 Å². The van der Waals surface area contributed by atoms with Gasteiger partial charge in [0, 0.05) is 0 Å². The standard InChI is InChI=1S/C9H13F/c1-3-9(2)7-5-4-6-8-10/h4-8H,3H2,1-2H3/b5-4-,8-6+,9-7+. The van der Waals surface area contributed by atoms with Crippen LogP contribution < -0.4 is 0 Å². The Morgan fingerprint density at radius 2 is 2.00 bits per heavy atom. The smallest absolute Gasteiger partial charge is 0.0866 e. The Hall–Kier alpha value is -0.850. The number of rotatable bonds is 3. The van der Waals surface area contributed by atoms with E-state index < -0.39 is 0 Å². The quantitative estimate of drug-likeness (QED) is 0.527. The Morgan fingerprint density at radius 3 is 2.50 bits per heavy atom. The van der Waals surface area contributed by atoms with Crippen LogP contribution in [0.15, 0.2) is 36.2 Å². The lowest BCUT2D eigenvalue weighted by molar-refractivity contribution is 0.721. The molecule has 0 atom stereocenters. The van der Waals surface area contributed by atoms with Gasteiger partial charge in [0.1, 0.15) is 0 Å². The highest BCUT2D eigenvalue weighted by molar-refractivity contribution is 5.14. The maximum Gasteiger partial charge on any atom is 0.0866 e. The zero-order valence-corrected chi connectivity index (χ0v) is 6.47. The van der Waals surface area contributed by atoms with Gasteiger partial charge in [-0.15, -0.1) is 0 Å². The summed E-state index contributed by atoms with van der Waals surface area (Å²) in [5.41, 5.74) is 1.29. The third-order valence-corrected chi connectivity index (χ3v) is 1.23. The monoisotopic (exact) mass is 140 g/mol. The molecule has 0 aliphatic heterocycles. The number of hydrogen-bond donors (Lipinski definition) is 0. The average molecular weight is 140 g/mol. The first-order chi connectivity index (χ1) is 4.81. The first-order valence-electron chi connectivity index (χ1n) is 3.40. The molecule has 0 fully saturated rings. The lowest BCUT2D eigenvalue weighted by Gasteiger charge is -1.87. The zero-order valence-electron chi connectivity index (χ0n) is 6.47. The van der Waals surface area contributed by atoms with E-state index in [2.05, 4.69) is 6.92 Å². The second-order valence-corrected chi connectivity index (χ2v) is 2.07. The topological polar surface area (TPSA) is 0 Å². The van der Waals surface area contributed by atoms with Crippen LogP contribution in [0.3, 0.4) is 0 Å². The molecule has 0 saturated heterocycles. The maximum atomic E-state index is 11.3. The van der Waals surface area contributed by atoms with Crippen molar-refractivity contribution < 1.29 is 4.39 Å². The van der Waals surface area contributed by atoms with E-state index >= 15 is 0 Å². The van der Waals surface area contributed by atoms with Crippen LogP contribution in [0.5, 0.6) is 0 Å². The molecule has 1 heteroatoms. The molecule has 0 aromatic heterocycles. The van der Waals surface area contributed by atoms with Crippen LogP contribution in [0.2, 0.25) is 0 Å². The fourth-order valence-corrected chi connectivity index (χ4v) is 0.444. The van der Waals surface area contributed by atoms with Crippen molar-refractivity contribution in [1.29, 1.82) is 0 Å². The summed E-state index contributed by atoms with van der Waals surface area (Å²) in [7, 11) is 0. The van der Waals surface area contributed by atoms with Gasteiger partial charge in [-0.05, 0) is 19.4 Å². The van der Waals surface area contributed by atoms with Crippen LogP contribution in [0.4, 0.5) is 4.39 Å². The third-order valence-electron chi connectivity index (χ3n) is 1.23. The second-order valence-electron chi connectivity index (χ2n) is 2.07. The van der Waals surface area contributed by atoms with Gasteiger partial charge in [0.2, 0.25) is 0 Å². The molecule has 0 spiro atoms. The molecular weight excluding hydrogens is 127 g/mol. The van der Waals surface area contributed by atoms with Gasteiger partial charge in [0.25, 0.3) is 0 Å². The fraction of sp³-hybridized carbons (Fsp3) is 0.333. The van der Waals surface area contributed by atoms with Crippen molar-refractivity contribution in [2.24, 2.45) is 0 Å². The van der Waals surface area contributed by atoms with Gasteiger partial charge in [-0.2, -0.15) is 0 Å². The van der Waals surface area contributed by atoms with E-state index in [0.717, 1.165) is 6.42 Å². The Morgan fingerprint density at radius 1 is 1.30 bits per heavy atom. The summed E-state index contributed by atoms with van der Waals surface area (Å²) in [5.74, 6) is 0. The van der Waals surface area contributed by atoms with Gasteiger partial charge in [-0.3, -0.25) is 0 Å². The summed E-state index contributed by atoms with van der Waals surface area (Å²) >= 11 is 0. The lowest BCUT2D eigenvalue weighted by Crippen LogP contribution is -1.66. The molecule has 0 aromatic carbocycles. The third kappa shape index (κ3) is 5.29. The zero-order chi connectivity index (χ0) is 7.82. The molecule has 0 amide bonds. The number of allylic oxidation sites excluding steroid dienone is 5. The van der Waals surface area contributed by atoms with E-state index in [1.807, 2.05) is 19.1 Å². The van der Waals surface area contributed by atoms with Crippen LogP contribution in [0.1, 0.15) is 20.3 Å². The minimum absolute atomic E-state index is 0.519. The minimum atomic E-state index is 0.519. The van der Waals surface area contributed by atoms with Crippen molar-refractivity contribution in [1.82, 2.24) is 0 Å². The van der Waals surface area contributed by atoms with Gasteiger partial charge in [0.05, 0.1) is 6.33 Å². The molecule has 0 radical (unpaired) electrons. The normalized spacial score (nSPS) is 13.7. The van der Waals surface area contributed by atoms with E-state index in [4.69, 9.17) is 0 Å². The Balaban J connectivity index is 3.70. The average Bonchev–Trinajstić information content (AvgIpc) is 1.98. The van der Waals surface area contributed by atoms with E-state index in [9.17, 15) is 4.39 Å². The summed E-state index contributed by atoms with van der Waals surface area (Å²) in [5, 5.41) is 0. The van der Waals surface area contributed by atoms with Gasteiger partial charge < -0.3 is 0 Å². The Bertz CT molecular complexity index is 152. The van der Waals surface area contributed by atoms with Crippen molar-refractivity contribution in [2.75, 3.05) is 0 Å². The Labute approximate surface area is 61.8 Å². The molecule has 0 N–H and O–H groups in total. The maximum absolute atomic E-state index is 11.3. The van der Waals surface area contributed by atoms with E-state index in [0.29, 0.717) is 6.33 Å². The summed E-state index contributed by atoms with van der Waals surface area (Å²) in [4.78, 5) is 0. The van der Waals surface area contributed by atoms with E-state index in [-0.39, 0.29) is 0 Å². The van der Waals surface area contributed by atoms with Crippen molar-refractivity contribution in [2.45, 2.75) is 20.3 Å². The van der Waals surface area contributed by atoms with E-state index in [1.54, 1.807) is 6.08 Å². The van der Waals surface area contributed by atoms with Gasteiger partial charge in [-0.1, -0.05) is 30.7 Å². The molecule has 0 aliphatic carbocycles. The molecular formula is C9H13F. The van der Waals surface area contributed by atoms with Crippen molar-refractivity contribution in [3.63, 3.8) is 0 Å². The van der Waals surface area contributed by atoms with E-state index in [1.165, 1.54) is 11.6 Å². The molecule has 0 saturated carbocycles. The Kier molecular flexibility index (Phi) is 5.74. The highest BCUT2D eigenvalue weighted by atomic mass is 19.1. The number of halogens is 1. The number of hydrogen-bond acceptors (Lipinski definition) is 0. The summed E-state index contributed by atoms with van der Waals surface area (Å²) in [6.45, 7) is 4.13. The molecule has 0 rings (SSSR count). The van der Waals surface area contributed by atoms with Crippen molar-refractivity contribution in [3.8, 4) is 0 Å². The van der Waals surface area contributed by atoms with Crippen LogP contribution in [0.25, 0.3) is 0 Å². The highest BCUT2D eigenvalue weighted by Crippen LogP contribution is 1.97. The fourth-order valence-electron chi connectivity index (χ4n) is 0.444. The van der Waals surface area contributed by atoms with Crippen LogP contribution in [-0.2, 0) is 0 Å². The molecule has 0 heterocycles. The van der Waals surface area contributed by atoms with Crippen molar-refractivity contribution in [3.05, 3.63) is 36.2 Å². The van der Waals surface area contributed by atoms with Crippen molar-refractivity contribution >= 4 is 0 Å². The minimum Gasteiger partial charge on any atom is -0.216 e. The SMILES string of the molecule is CC/C(C)=C/C=C\C=C\F. The van der Waals surface area contributed by atoms with Crippen LogP contribution >= 0.6 is 0 Å². The second kappa shape index (κ2) is 6.27. The molecule has 0 bridgehead atoms. The summed E-state index contributed by atoms with van der Waals surface area (Å²) in [6.07, 6.45) is 8.39. The van der Waals surface area contributed by atoms with Gasteiger partial charge in [0.15, 0.2) is 0 Å². The highest BCUT2D eigenvalue weighted by Gasteiger charge is 1.76. The van der Waals surface area contributed by atoms with Crippen LogP contribution in [-0.4, -0.2) is 0 Å². The molecule has 0 aromatic rings. The summed E-state index contributed by atoms with van der Waals surface area (Å²) in [6, 6.07) is 0. The summed E-state index contributed by atoms with van der Waals surface area (Å²) < 4.78 is 11.3. The molecule has 0 nitrogen and oxygen atoms in total. The molecule has 10 heavy (non-hydrogen) atoms.